The molecule has 0 unspecified atom stereocenters. The Hall–Kier alpha value is -1.55. The average Bonchev–Trinajstić information content (AvgIpc) is 3.06. The zero-order valence-corrected chi connectivity index (χ0v) is 15.7. The Morgan fingerprint density at radius 1 is 1.16 bits per heavy atom. The van der Waals surface area contributed by atoms with E-state index in [0.717, 1.165) is 44.9 Å². The quantitative estimate of drug-likeness (QED) is 0.658. The Kier molecular flexibility index (Phi) is 7.30. The SMILES string of the molecule is CCCCC1(N(CCCC(=O)O)C(=O)c2ccc(Cl)cc2)CCCC1. The van der Waals surface area contributed by atoms with Gasteiger partial charge in [0.1, 0.15) is 0 Å². The lowest BCUT2D eigenvalue weighted by atomic mass is 9.87. The molecule has 1 aromatic rings. The maximum atomic E-state index is 13.2. The molecule has 1 fully saturated rings. The van der Waals surface area contributed by atoms with E-state index >= 15 is 0 Å². The number of amides is 1. The maximum Gasteiger partial charge on any atom is 0.303 e. The maximum absolute atomic E-state index is 13.2. The molecule has 1 amide bonds. The van der Waals surface area contributed by atoms with Gasteiger partial charge in [-0.1, -0.05) is 44.2 Å². The molecule has 0 spiro atoms. The van der Waals surface area contributed by atoms with Crippen molar-refractivity contribution in [2.75, 3.05) is 6.54 Å². The van der Waals surface area contributed by atoms with Gasteiger partial charge in [0.05, 0.1) is 0 Å². The van der Waals surface area contributed by atoms with Gasteiger partial charge in [-0.25, -0.2) is 0 Å². The van der Waals surface area contributed by atoms with Crippen LogP contribution >= 0.6 is 11.6 Å². The molecular formula is C20H28ClNO3. The number of halogens is 1. The topological polar surface area (TPSA) is 57.6 Å². The fraction of sp³-hybridized carbons (Fsp3) is 0.600. The molecule has 1 aliphatic carbocycles. The number of hydrogen-bond acceptors (Lipinski definition) is 2. The summed E-state index contributed by atoms with van der Waals surface area (Å²) < 4.78 is 0. The smallest absolute Gasteiger partial charge is 0.303 e. The number of carboxylic acids is 1. The van der Waals surface area contributed by atoms with Gasteiger partial charge in [0, 0.05) is 29.1 Å². The van der Waals surface area contributed by atoms with E-state index in [9.17, 15) is 9.59 Å². The highest BCUT2D eigenvalue weighted by Gasteiger charge is 2.41. The van der Waals surface area contributed by atoms with E-state index in [2.05, 4.69) is 6.92 Å². The molecule has 138 valence electrons. The van der Waals surface area contributed by atoms with Crippen molar-refractivity contribution >= 4 is 23.5 Å². The lowest BCUT2D eigenvalue weighted by molar-refractivity contribution is -0.137. The summed E-state index contributed by atoms with van der Waals surface area (Å²) in [6.07, 6.45) is 8.05. The molecule has 4 nitrogen and oxygen atoms in total. The van der Waals surface area contributed by atoms with Crippen LogP contribution in [-0.2, 0) is 4.79 Å². The van der Waals surface area contributed by atoms with Crippen LogP contribution in [0.4, 0.5) is 0 Å². The van der Waals surface area contributed by atoms with Gasteiger partial charge in [0.2, 0.25) is 0 Å². The molecule has 0 aromatic heterocycles. The molecule has 0 heterocycles. The Balaban J connectivity index is 2.25. The second-order valence-corrected chi connectivity index (χ2v) is 7.43. The van der Waals surface area contributed by atoms with E-state index in [4.69, 9.17) is 16.7 Å². The Labute approximate surface area is 155 Å². The molecule has 5 heteroatoms. The molecule has 25 heavy (non-hydrogen) atoms. The average molecular weight is 366 g/mol. The van der Waals surface area contributed by atoms with Crippen LogP contribution in [0.15, 0.2) is 24.3 Å². The van der Waals surface area contributed by atoms with Crippen molar-refractivity contribution in [3.63, 3.8) is 0 Å². The summed E-state index contributed by atoms with van der Waals surface area (Å²) in [5.41, 5.74) is 0.508. The number of carbonyl (C=O) groups is 2. The van der Waals surface area contributed by atoms with Crippen LogP contribution in [0.25, 0.3) is 0 Å². The Morgan fingerprint density at radius 2 is 1.80 bits per heavy atom. The van der Waals surface area contributed by atoms with E-state index in [1.165, 1.54) is 0 Å². The van der Waals surface area contributed by atoms with E-state index in [-0.39, 0.29) is 17.9 Å². The Bertz CT molecular complexity index is 579. The molecule has 1 N–H and O–H groups in total. The van der Waals surface area contributed by atoms with Crippen molar-refractivity contribution in [1.29, 1.82) is 0 Å². The minimum absolute atomic E-state index is 0.0000542. The first-order valence-electron chi connectivity index (χ1n) is 9.28. The van der Waals surface area contributed by atoms with Crippen LogP contribution in [0.2, 0.25) is 5.02 Å². The zero-order chi connectivity index (χ0) is 18.3. The lowest BCUT2D eigenvalue weighted by Crippen LogP contribution is -2.50. The summed E-state index contributed by atoms with van der Waals surface area (Å²) >= 11 is 5.95. The van der Waals surface area contributed by atoms with E-state index < -0.39 is 5.97 Å². The van der Waals surface area contributed by atoms with Crippen LogP contribution in [0.1, 0.15) is 75.1 Å². The van der Waals surface area contributed by atoms with Gasteiger partial charge in [-0.15, -0.1) is 0 Å². The molecule has 1 saturated carbocycles. The van der Waals surface area contributed by atoms with Crippen molar-refractivity contribution in [2.45, 2.75) is 70.3 Å². The first-order valence-corrected chi connectivity index (χ1v) is 9.65. The number of unbranched alkanes of at least 4 members (excludes halogenated alkanes) is 1. The number of nitrogens with zero attached hydrogens (tertiary/aromatic N) is 1. The van der Waals surface area contributed by atoms with Crippen LogP contribution in [-0.4, -0.2) is 34.0 Å². The molecule has 0 atom stereocenters. The van der Waals surface area contributed by atoms with Crippen molar-refractivity contribution in [3.05, 3.63) is 34.9 Å². The van der Waals surface area contributed by atoms with Crippen LogP contribution in [0, 0.1) is 0 Å². The van der Waals surface area contributed by atoms with Gasteiger partial charge in [0.15, 0.2) is 0 Å². The standard InChI is InChI=1S/C20H28ClNO3/c1-2-3-12-20(13-4-5-14-20)22(15-6-7-18(23)24)19(25)16-8-10-17(21)11-9-16/h8-11H,2-7,12-15H2,1H3,(H,23,24). The van der Waals surface area contributed by atoms with Crippen molar-refractivity contribution in [3.8, 4) is 0 Å². The number of benzene rings is 1. The number of aliphatic carboxylic acids is 1. The second-order valence-electron chi connectivity index (χ2n) is 7.00. The highest BCUT2D eigenvalue weighted by Crippen LogP contribution is 2.40. The summed E-state index contributed by atoms with van der Waals surface area (Å²) in [4.78, 5) is 26.1. The molecule has 2 rings (SSSR count). The third-order valence-electron chi connectivity index (χ3n) is 5.21. The minimum Gasteiger partial charge on any atom is -0.481 e. The number of carbonyl (C=O) groups excluding carboxylic acids is 1. The normalized spacial score (nSPS) is 15.9. The van der Waals surface area contributed by atoms with Crippen LogP contribution in [0.3, 0.4) is 0 Å². The second kappa shape index (κ2) is 9.23. The molecule has 0 saturated heterocycles. The van der Waals surface area contributed by atoms with Crippen LogP contribution < -0.4 is 0 Å². The van der Waals surface area contributed by atoms with Gasteiger partial charge >= 0.3 is 5.97 Å². The van der Waals surface area contributed by atoms with Gasteiger partial charge in [-0.05, 0) is 49.9 Å². The molecular weight excluding hydrogens is 338 g/mol. The van der Waals surface area contributed by atoms with Gasteiger partial charge < -0.3 is 10.0 Å². The summed E-state index contributed by atoms with van der Waals surface area (Å²) in [6.45, 7) is 2.66. The van der Waals surface area contributed by atoms with E-state index in [0.29, 0.717) is 23.6 Å². The molecule has 1 aromatic carbocycles. The summed E-state index contributed by atoms with van der Waals surface area (Å²) in [5.74, 6) is -0.812. The van der Waals surface area contributed by atoms with Crippen molar-refractivity contribution in [1.82, 2.24) is 4.90 Å². The summed E-state index contributed by atoms with van der Waals surface area (Å²) in [6, 6.07) is 6.99. The van der Waals surface area contributed by atoms with Crippen molar-refractivity contribution in [2.24, 2.45) is 0 Å². The van der Waals surface area contributed by atoms with E-state index in [1.54, 1.807) is 24.3 Å². The number of carboxylic acid groups (broad SMARTS) is 1. The highest BCUT2D eigenvalue weighted by atomic mass is 35.5. The lowest BCUT2D eigenvalue weighted by Gasteiger charge is -2.42. The van der Waals surface area contributed by atoms with Crippen LogP contribution in [0.5, 0.6) is 0 Å². The minimum atomic E-state index is -0.812. The first-order chi connectivity index (χ1) is 12.0. The van der Waals surface area contributed by atoms with Gasteiger partial charge in [0.25, 0.3) is 5.91 Å². The fourth-order valence-electron chi connectivity index (χ4n) is 3.88. The third kappa shape index (κ3) is 5.21. The number of rotatable bonds is 9. The zero-order valence-electron chi connectivity index (χ0n) is 15.0. The predicted octanol–water partition coefficient (Wildman–Crippen LogP) is 5.15. The van der Waals surface area contributed by atoms with Gasteiger partial charge in [-0.3, -0.25) is 9.59 Å². The first kappa shape index (κ1) is 19.8. The summed E-state index contributed by atoms with van der Waals surface area (Å²) in [5, 5.41) is 9.57. The number of hydrogen-bond donors (Lipinski definition) is 1. The molecule has 1 aliphatic rings. The monoisotopic (exact) mass is 365 g/mol. The molecule has 0 aliphatic heterocycles. The van der Waals surface area contributed by atoms with Gasteiger partial charge in [-0.2, -0.15) is 0 Å². The van der Waals surface area contributed by atoms with Crippen molar-refractivity contribution < 1.29 is 14.7 Å². The molecule has 0 radical (unpaired) electrons. The van der Waals surface area contributed by atoms with E-state index in [1.807, 2.05) is 4.90 Å². The summed E-state index contributed by atoms with van der Waals surface area (Å²) in [7, 11) is 0. The highest BCUT2D eigenvalue weighted by molar-refractivity contribution is 6.30. The Morgan fingerprint density at radius 3 is 2.36 bits per heavy atom. The third-order valence-corrected chi connectivity index (χ3v) is 5.46. The predicted molar refractivity (Wildman–Crippen MR) is 100 cm³/mol. The molecule has 0 bridgehead atoms. The fourth-order valence-corrected chi connectivity index (χ4v) is 4.01. The largest absolute Gasteiger partial charge is 0.481 e.